The van der Waals surface area contributed by atoms with Crippen molar-refractivity contribution >= 4 is 28.8 Å². The van der Waals surface area contributed by atoms with Gasteiger partial charge in [0.15, 0.2) is 5.76 Å². The van der Waals surface area contributed by atoms with Crippen LogP contribution < -0.4 is 14.8 Å². The normalized spacial score (nSPS) is 18.3. The number of aromatic nitrogens is 2. The number of para-hydroxylation sites is 1. The maximum atomic E-state index is 13.0. The summed E-state index contributed by atoms with van der Waals surface area (Å²) < 4.78 is 11.6. The molecule has 0 aliphatic carbocycles. The first-order valence-electron chi connectivity index (χ1n) is 10.2. The molecular formula is C24H23N3O3. The summed E-state index contributed by atoms with van der Waals surface area (Å²) in [5, 5.41) is 11.6. The van der Waals surface area contributed by atoms with E-state index in [-0.39, 0.29) is 11.5 Å². The van der Waals surface area contributed by atoms with E-state index in [1.165, 1.54) is 0 Å². The van der Waals surface area contributed by atoms with Crippen LogP contribution >= 0.6 is 0 Å². The highest BCUT2D eigenvalue weighted by atomic mass is 16.5. The fourth-order valence-corrected chi connectivity index (χ4v) is 4.08. The van der Waals surface area contributed by atoms with Gasteiger partial charge in [0.1, 0.15) is 11.5 Å². The van der Waals surface area contributed by atoms with E-state index < -0.39 is 0 Å². The predicted octanol–water partition coefficient (Wildman–Crippen LogP) is 4.20. The number of nitrogens with zero attached hydrogens (tertiary/aromatic N) is 1. The third-order valence-electron chi connectivity index (χ3n) is 5.74. The molecule has 1 saturated heterocycles. The number of piperidine rings is 1. The first kappa shape index (κ1) is 18.6. The molecule has 1 aromatic heterocycles. The smallest absolute Gasteiger partial charge is 0.232 e. The highest BCUT2D eigenvalue weighted by Crippen LogP contribution is 2.41. The summed E-state index contributed by atoms with van der Waals surface area (Å²) in [6.07, 6.45) is 8.15. The van der Waals surface area contributed by atoms with Crippen LogP contribution in [0.5, 0.6) is 11.5 Å². The number of aromatic amines is 1. The van der Waals surface area contributed by atoms with Gasteiger partial charge < -0.3 is 14.8 Å². The Morgan fingerprint density at radius 3 is 2.83 bits per heavy atom. The maximum Gasteiger partial charge on any atom is 0.232 e. The summed E-state index contributed by atoms with van der Waals surface area (Å²) in [7, 11) is 1.63. The van der Waals surface area contributed by atoms with Crippen molar-refractivity contribution < 1.29 is 14.3 Å². The van der Waals surface area contributed by atoms with Crippen LogP contribution in [-0.4, -0.2) is 36.2 Å². The van der Waals surface area contributed by atoms with E-state index in [1.807, 2.05) is 36.4 Å². The van der Waals surface area contributed by atoms with Crippen LogP contribution in [0.2, 0.25) is 0 Å². The molecule has 3 aromatic rings. The number of Topliss-reactive ketones (excluding diaryl/α,β-unsaturated/α-hetero) is 1. The van der Waals surface area contributed by atoms with Crippen LogP contribution in [0.1, 0.15) is 34.5 Å². The number of rotatable bonds is 4. The molecule has 0 amide bonds. The van der Waals surface area contributed by atoms with Crippen LogP contribution in [0, 0.1) is 5.92 Å². The Hall–Kier alpha value is -3.38. The van der Waals surface area contributed by atoms with Gasteiger partial charge in [-0.15, -0.1) is 0 Å². The molecule has 6 heteroatoms. The van der Waals surface area contributed by atoms with Gasteiger partial charge in [0.05, 0.1) is 29.4 Å². The zero-order valence-corrected chi connectivity index (χ0v) is 16.8. The van der Waals surface area contributed by atoms with Crippen molar-refractivity contribution in [1.82, 2.24) is 15.5 Å². The molecule has 1 fully saturated rings. The summed E-state index contributed by atoms with van der Waals surface area (Å²) in [4.78, 5) is 13.0. The average molecular weight is 401 g/mol. The summed E-state index contributed by atoms with van der Waals surface area (Å²) in [5.41, 5.74) is 2.95. The molecule has 0 atom stereocenters. The number of fused-ring (bicyclic) bond motifs is 2. The van der Waals surface area contributed by atoms with E-state index in [4.69, 9.17) is 9.47 Å². The lowest BCUT2D eigenvalue weighted by atomic mass is 9.96. The quantitative estimate of drug-likeness (QED) is 0.641. The molecule has 2 aliphatic heterocycles. The zero-order chi connectivity index (χ0) is 20.5. The molecule has 0 bridgehead atoms. The van der Waals surface area contributed by atoms with E-state index >= 15 is 0 Å². The number of benzene rings is 2. The van der Waals surface area contributed by atoms with Crippen molar-refractivity contribution in [1.29, 1.82) is 0 Å². The van der Waals surface area contributed by atoms with Gasteiger partial charge in [-0.3, -0.25) is 9.89 Å². The number of H-pyrrole nitrogens is 1. The fraction of sp³-hybridized carbons (Fsp3) is 0.250. The van der Waals surface area contributed by atoms with Gasteiger partial charge in [0.2, 0.25) is 5.78 Å². The lowest BCUT2D eigenvalue weighted by molar-refractivity contribution is 0.101. The SMILES string of the molecule is COc1ccc2c(c1C=CC1CCNCC1)OC(=Cc1n[nH]c3ccccc13)C2=O. The molecule has 6 nitrogen and oxygen atoms in total. The Kier molecular flexibility index (Phi) is 4.85. The van der Waals surface area contributed by atoms with Gasteiger partial charge in [0.25, 0.3) is 0 Å². The highest BCUT2D eigenvalue weighted by Gasteiger charge is 2.31. The monoisotopic (exact) mass is 401 g/mol. The Morgan fingerprint density at radius 2 is 2.00 bits per heavy atom. The lowest BCUT2D eigenvalue weighted by Gasteiger charge is -2.19. The Balaban J connectivity index is 1.51. The minimum absolute atomic E-state index is 0.142. The maximum absolute atomic E-state index is 13.0. The molecule has 0 saturated carbocycles. The number of carbonyl (C=O) groups excluding carboxylic acids is 1. The van der Waals surface area contributed by atoms with Crippen molar-refractivity contribution in [3.63, 3.8) is 0 Å². The molecule has 152 valence electrons. The van der Waals surface area contributed by atoms with Gasteiger partial charge in [-0.25, -0.2) is 0 Å². The molecule has 0 radical (unpaired) electrons. The van der Waals surface area contributed by atoms with E-state index in [0.29, 0.717) is 28.7 Å². The van der Waals surface area contributed by atoms with Crippen LogP contribution in [0.25, 0.3) is 23.1 Å². The van der Waals surface area contributed by atoms with Crippen molar-refractivity contribution in [3.8, 4) is 11.5 Å². The zero-order valence-electron chi connectivity index (χ0n) is 16.8. The van der Waals surface area contributed by atoms with Crippen LogP contribution in [-0.2, 0) is 0 Å². The summed E-state index contributed by atoms with van der Waals surface area (Å²) >= 11 is 0. The Bertz CT molecular complexity index is 1170. The molecule has 30 heavy (non-hydrogen) atoms. The molecular weight excluding hydrogens is 378 g/mol. The third kappa shape index (κ3) is 3.29. The van der Waals surface area contributed by atoms with Crippen LogP contribution in [0.4, 0.5) is 0 Å². The van der Waals surface area contributed by atoms with Gasteiger partial charge in [-0.1, -0.05) is 30.4 Å². The van der Waals surface area contributed by atoms with E-state index in [9.17, 15) is 4.79 Å². The van der Waals surface area contributed by atoms with Gasteiger partial charge >= 0.3 is 0 Å². The molecule has 2 aliphatic rings. The Labute approximate surface area is 174 Å². The number of hydrogen-bond donors (Lipinski definition) is 2. The number of ether oxygens (including phenoxy) is 2. The van der Waals surface area contributed by atoms with Crippen molar-refractivity contribution in [2.45, 2.75) is 12.8 Å². The minimum atomic E-state index is -0.142. The fourth-order valence-electron chi connectivity index (χ4n) is 4.08. The van der Waals surface area contributed by atoms with Gasteiger partial charge in [-0.2, -0.15) is 5.10 Å². The summed E-state index contributed by atoms with van der Waals surface area (Å²) in [5.74, 6) is 1.88. The predicted molar refractivity (Wildman–Crippen MR) is 117 cm³/mol. The molecule has 2 aromatic carbocycles. The van der Waals surface area contributed by atoms with Crippen molar-refractivity contribution in [2.24, 2.45) is 5.92 Å². The van der Waals surface area contributed by atoms with Gasteiger partial charge in [0, 0.05) is 11.5 Å². The Morgan fingerprint density at radius 1 is 1.17 bits per heavy atom. The van der Waals surface area contributed by atoms with E-state index in [0.717, 1.165) is 42.4 Å². The van der Waals surface area contributed by atoms with E-state index in [1.54, 1.807) is 19.3 Å². The van der Waals surface area contributed by atoms with Crippen molar-refractivity contribution in [3.05, 3.63) is 65.1 Å². The van der Waals surface area contributed by atoms with Crippen LogP contribution in [0.3, 0.4) is 0 Å². The second kappa shape index (κ2) is 7.80. The van der Waals surface area contributed by atoms with Crippen LogP contribution in [0.15, 0.2) is 48.2 Å². The topological polar surface area (TPSA) is 76.2 Å². The first-order valence-corrected chi connectivity index (χ1v) is 10.2. The second-order valence-corrected chi connectivity index (χ2v) is 7.60. The average Bonchev–Trinajstić information content (AvgIpc) is 3.34. The summed E-state index contributed by atoms with van der Waals surface area (Å²) in [6.45, 7) is 2.05. The molecule has 0 spiro atoms. The molecule has 0 unspecified atom stereocenters. The number of nitrogens with one attached hydrogen (secondary N) is 2. The number of allylic oxidation sites excluding steroid dienone is 2. The molecule has 2 N–H and O–H groups in total. The highest BCUT2D eigenvalue weighted by molar-refractivity contribution is 6.15. The van der Waals surface area contributed by atoms with Crippen molar-refractivity contribution in [2.75, 3.05) is 20.2 Å². The lowest BCUT2D eigenvalue weighted by Crippen LogP contribution is -2.26. The molecule has 5 rings (SSSR count). The number of hydrogen-bond acceptors (Lipinski definition) is 5. The van der Waals surface area contributed by atoms with E-state index in [2.05, 4.69) is 21.6 Å². The number of carbonyl (C=O) groups is 1. The number of methoxy groups -OCH3 is 1. The number of ketones is 1. The first-order chi connectivity index (χ1) is 14.7. The second-order valence-electron chi connectivity index (χ2n) is 7.60. The third-order valence-corrected chi connectivity index (χ3v) is 5.74. The largest absolute Gasteiger partial charge is 0.496 e. The minimum Gasteiger partial charge on any atom is -0.496 e. The molecule has 3 heterocycles. The summed E-state index contributed by atoms with van der Waals surface area (Å²) in [6, 6.07) is 11.4. The van der Waals surface area contributed by atoms with Gasteiger partial charge in [-0.05, 0) is 50.0 Å². The standard InChI is InChI=1S/C24H23N3O3/c1-29-21-9-8-18-23(28)22(14-20-16-4-2-3-5-19(16)26-27-20)30-24(18)17(21)7-6-15-10-12-25-13-11-15/h2-9,14-15,25H,10-13H2,1H3,(H,26,27).